The van der Waals surface area contributed by atoms with Crippen LogP contribution in [0.4, 0.5) is 0 Å². The number of carbonyl (C=O) groups excluding carboxylic acids is 1. The summed E-state index contributed by atoms with van der Waals surface area (Å²) in [6, 6.07) is 3.29. The molecule has 4 nitrogen and oxygen atoms in total. The molecule has 0 saturated heterocycles. The fraction of sp³-hybridized carbons (Fsp3) is 0.222. The van der Waals surface area contributed by atoms with Gasteiger partial charge in [-0.3, -0.25) is 4.79 Å². The lowest BCUT2D eigenvalue weighted by atomic mass is 10.1. The van der Waals surface area contributed by atoms with Crippen molar-refractivity contribution in [2.24, 2.45) is 5.73 Å². The molecule has 76 valence electrons. The molecule has 5 heteroatoms. The topological polar surface area (TPSA) is 72.5 Å². The van der Waals surface area contributed by atoms with Crippen LogP contribution in [-0.4, -0.2) is 18.2 Å². The van der Waals surface area contributed by atoms with E-state index >= 15 is 0 Å². The van der Waals surface area contributed by atoms with Crippen LogP contribution in [0.1, 0.15) is 11.6 Å². The Bertz CT molecular complexity index is 354. The highest BCUT2D eigenvalue weighted by Crippen LogP contribution is 2.26. The van der Waals surface area contributed by atoms with E-state index in [9.17, 15) is 4.79 Å². The third-order valence-electron chi connectivity index (χ3n) is 1.77. The summed E-state index contributed by atoms with van der Waals surface area (Å²) >= 11 is 5.78. The first-order valence-corrected chi connectivity index (χ1v) is 4.26. The summed E-state index contributed by atoms with van der Waals surface area (Å²) in [4.78, 5) is 11.1. The molecule has 1 aromatic carbocycles. The van der Waals surface area contributed by atoms with E-state index in [4.69, 9.17) is 22.4 Å². The number of rotatable bonds is 2. The third-order valence-corrected chi connectivity index (χ3v) is 2.10. The van der Waals surface area contributed by atoms with Gasteiger partial charge in [0.25, 0.3) is 0 Å². The number of carbonyl (C=O) groups is 1. The van der Waals surface area contributed by atoms with Gasteiger partial charge in [-0.25, -0.2) is 0 Å². The molecule has 0 radical (unpaired) electrons. The molecule has 0 bridgehead atoms. The third kappa shape index (κ3) is 2.16. The molecule has 0 fully saturated rings. The maximum absolute atomic E-state index is 11.1. The van der Waals surface area contributed by atoms with E-state index in [1.165, 1.54) is 25.3 Å². The number of hydrogen-bond donors (Lipinski definition) is 2. The van der Waals surface area contributed by atoms with Crippen LogP contribution in [0.25, 0.3) is 0 Å². The molecule has 14 heavy (non-hydrogen) atoms. The van der Waals surface area contributed by atoms with Crippen LogP contribution in [0.5, 0.6) is 5.75 Å². The summed E-state index contributed by atoms with van der Waals surface area (Å²) < 4.78 is 4.47. The van der Waals surface area contributed by atoms with Crippen molar-refractivity contribution in [2.75, 3.05) is 7.11 Å². The summed E-state index contributed by atoms with van der Waals surface area (Å²) in [6.45, 7) is 0. The Hall–Kier alpha value is -1.26. The molecule has 3 N–H and O–H groups in total. The molecule has 0 heterocycles. The number of aromatic hydroxyl groups is 1. The van der Waals surface area contributed by atoms with Gasteiger partial charge >= 0.3 is 5.97 Å². The van der Waals surface area contributed by atoms with Crippen LogP contribution in [0.2, 0.25) is 5.02 Å². The van der Waals surface area contributed by atoms with Crippen molar-refractivity contribution in [3.05, 3.63) is 28.8 Å². The Morgan fingerprint density at radius 2 is 2.29 bits per heavy atom. The van der Waals surface area contributed by atoms with Crippen molar-refractivity contribution in [1.29, 1.82) is 0 Å². The van der Waals surface area contributed by atoms with Gasteiger partial charge in [0, 0.05) is 5.02 Å². The molecule has 0 aliphatic heterocycles. The Morgan fingerprint density at radius 1 is 1.64 bits per heavy atom. The van der Waals surface area contributed by atoms with Gasteiger partial charge in [0.05, 0.1) is 7.11 Å². The molecule has 1 rings (SSSR count). The van der Waals surface area contributed by atoms with E-state index in [1.54, 1.807) is 0 Å². The zero-order valence-electron chi connectivity index (χ0n) is 7.53. The van der Waals surface area contributed by atoms with Gasteiger partial charge in [-0.1, -0.05) is 17.7 Å². The summed E-state index contributed by atoms with van der Waals surface area (Å²) in [5.74, 6) is -0.548. The average Bonchev–Trinajstić information content (AvgIpc) is 2.15. The van der Waals surface area contributed by atoms with Crippen LogP contribution in [0.15, 0.2) is 18.2 Å². The van der Waals surface area contributed by atoms with Crippen molar-refractivity contribution in [2.45, 2.75) is 6.04 Å². The minimum Gasteiger partial charge on any atom is -0.508 e. The molecule has 1 atom stereocenters. The van der Waals surface area contributed by atoms with Gasteiger partial charge < -0.3 is 15.6 Å². The number of hydrogen-bond acceptors (Lipinski definition) is 4. The van der Waals surface area contributed by atoms with E-state index in [-0.39, 0.29) is 10.8 Å². The molecular weight excluding hydrogens is 206 g/mol. The second-order valence-corrected chi connectivity index (χ2v) is 3.11. The van der Waals surface area contributed by atoms with E-state index in [2.05, 4.69) is 4.74 Å². The second-order valence-electron chi connectivity index (χ2n) is 2.71. The molecule has 1 aromatic rings. The van der Waals surface area contributed by atoms with Gasteiger partial charge in [-0.05, 0) is 17.7 Å². The summed E-state index contributed by atoms with van der Waals surface area (Å²) in [6.07, 6.45) is 0. The maximum Gasteiger partial charge on any atom is 0.327 e. The fourth-order valence-electron chi connectivity index (χ4n) is 1.02. The van der Waals surface area contributed by atoms with Crippen molar-refractivity contribution in [3.8, 4) is 5.75 Å². The van der Waals surface area contributed by atoms with Crippen LogP contribution in [0, 0.1) is 0 Å². The molecule has 0 aromatic heterocycles. The Labute approximate surface area is 86.2 Å². The first kappa shape index (κ1) is 10.8. The summed E-state index contributed by atoms with van der Waals surface area (Å²) in [5.41, 5.74) is 5.99. The molecule has 0 aliphatic rings. The minimum atomic E-state index is -0.923. The van der Waals surface area contributed by atoms with Crippen LogP contribution in [-0.2, 0) is 9.53 Å². The number of ether oxygens (including phenoxy) is 1. The van der Waals surface area contributed by atoms with Gasteiger partial charge in [0.1, 0.15) is 11.8 Å². The highest BCUT2D eigenvalue weighted by Gasteiger charge is 2.18. The van der Waals surface area contributed by atoms with Crippen LogP contribution in [0.3, 0.4) is 0 Å². The maximum atomic E-state index is 11.1. The van der Waals surface area contributed by atoms with Crippen molar-refractivity contribution in [3.63, 3.8) is 0 Å². The molecule has 0 saturated carbocycles. The number of nitrogens with two attached hydrogens (primary N) is 1. The number of phenolic OH excluding ortho intramolecular Hbond substituents is 1. The number of esters is 1. The lowest BCUT2D eigenvalue weighted by molar-refractivity contribution is -0.142. The van der Waals surface area contributed by atoms with E-state index in [0.29, 0.717) is 5.56 Å². The molecule has 1 unspecified atom stereocenters. The lowest BCUT2D eigenvalue weighted by Gasteiger charge is -2.11. The van der Waals surface area contributed by atoms with E-state index in [1.807, 2.05) is 0 Å². The number of methoxy groups -OCH3 is 1. The fourth-order valence-corrected chi connectivity index (χ4v) is 1.31. The van der Waals surface area contributed by atoms with E-state index < -0.39 is 12.0 Å². The van der Waals surface area contributed by atoms with Gasteiger partial charge in [0.2, 0.25) is 0 Å². The highest BCUT2D eigenvalue weighted by molar-refractivity contribution is 6.31. The number of halogens is 1. The van der Waals surface area contributed by atoms with Crippen LogP contribution < -0.4 is 5.73 Å². The highest BCUT2D eigenvalue weighted by atomic mass is 35.5. The Kier molecular flexibility index (Phi) is 3.33. The van der Waals surface area contributed by atoms with E-state index in [0.717, 1.165) is 0 Å². The largest absolute Gasteiger partial charge is 0.508 e. The molecule has 0 aliphatic carbocycles. The first-order chi connectivity index (χ1) is 6.56. The second kappa shape index (κ2) is 4.30. The van der Waals surface area contributed by atoms with Crippen molar-refractivity contribution < 1.29 is 14.6 Å². The Morgan fingerprint density at radius 3 is 2.79 bits per heavy atom. The monoisotopic (exact) mass is 215 g/mol. The zero-order valence-corrected chi connectivity index (χ0v) is 8.28. The SMILES string of the molecule is COC(=O)C(N)c1ccc(O)cc1Cl. The van der Waals surface area contributed by atoms with Gasteiger partial charge in [-0.2, -0.15) is 0 Å². The standard InChI is InChI=1S/C9H10ClNO3/c1-14-9(13)8(11)6-3-2-5(12)4-7(6)10/h2-4,8,12H,11H2,1H3. The summed E-state index contributed by atoms with van der Waals surface area (Å²) in [5, 5.41) is 9.31. The Balaban J connectivity index is 3.01. The average molecular weight is 216 g/mol. The smallest absolute Gasteiger partial charge is 0.327 e. The van der Waals surface area contributed by atoms with Crippen molar-refractivity contribution >= 4 is 17.6 Å². The predicted molar refractivity (Wildman–Crippen MR) is 52.1 cm³/mol. The zero-order chi connectivity index (χ0) is 10.7. The normalized spacial score (nSPS) is 12.2. The molecular formula is C9H10ClNO3. The number of benzene rings is 1. The number of phenols is 1. The minimum absolute atomic E-state index is 0.0239. The quantitative estimate of drug-likeness (QED) is 0.728. The van der Waals surface area contributed by atoms with Gasteiger partial charge in [0.15, 0.2) is 0 Å². The van der Waals surface area contributed by atoms with Crippen molar-refractivity contribution in [1.82, 2.24) is 0 Å². The lowest BCUT2D eigenvalue weighted by Crippen LogP contribution is -2.22. The van der Waals surface area contributed by atoms with Gasteiger partial charge in [-0.15, -0.1) is 0 Å². The van der Waals surface area contributed by atoms with Crippen LogP contribution >= 0.6 is 11.6 Å². The first-order valence-electron chi connectivity index (χ1n) is 3.88. The molecule has 0 spiro atoms. The summed E-state index contributed by atoms with van der Waals surface area (Å²) in [7, 11) is 1.25. The predicted octanol–water partition coefficient (Wildman–Crippen LogP) is 1.22. The molecule has 0 amide bonds.